The molecule has 0 N–H and O–H groups in total. The third-order valence-corrected chi connectivity index (χ3v) is 20.4. The van der Waals surface area contributed by atoms with Gasteiger partial charge in [-0.3, -0.25) is 0 Å². The van der Waals surface area contributed by atoms with Crippen LogP contribution in [0.2, 0.25) is 25.1 Å². The Morgan fingerprint density at radius 1 is 0.342 bits per heavy atom. The Morgan fingerprint density at radius 3 is 1.08 bits per heavy atom. The molecule has 0 radical (unpaired) electrons. The van der Waals surface area contributed by atoms with Gasteiger partial charge >= 0.3 is 0 Å². The molecule has 5 aliphatic rings. The van der Waals surface area contributed by atoms with Gasteiger partial charge in [-0.15, -0.1) is 0 Å². The van der Waals surface area contributed by atoms with Crippen molar-refractivity contribution >= 4 is 58.0 Å². The second-order valence-corrected chi connectivity index (χ2v) is 29.3. The number of hydrogen-bond acceptors (Lipinski definition) is 10. The number of hydrogen-bond donors (Lipinski definition) is 0. The minimum atomic E-state index is -4.51. The summed E-state index contributed by atoms with van der Waals surface area (Å²) in [5, 5.41) is -0.345. The lowest BCUT2D eigenvalue weighted by Gasteiger charge is -2.32. The van der Waals surface area contributed by atoms with E-state index in [1.807, 2.05) is 6.07 Å². The van der Waals surface area contributed by atoms with Crippen LogP contribution in [0, 0.1) is 0 Å². The van der Waals surface area contributed by atoms with Crippen molar-refractivity contribution in [2.24, 2.45) is 0 Å². The quantitative estimate of drug-likeness (QED) is 0.0435. The van der Waals surface area contributed by atoms with E-state index in [0.29, 0.717) is 83.1 Å². The predicted molar refractivity (Wildman–Crippen MR) is 503 cm³/mol. The Morgan fingerprint density at radius 2 is 0.683 bits per heavy atom. The van der Waals surface area contributed by atoms with Crippen molar-refractivity contribution in [1.29, 1.82) is 0 Å². The van der Waals surface area contributed by atoms with E-state index in [-0.39, 0.29) is 46.5 Å². The van der Waals surface area contributed by atoms with Crippen LogP contribution in [0.4, 0.5) is 0 Å². The summed E-state index contributed by atoms with van der Waals surface area (Å²) in [4.78, 5) is 3.97. The molecule has 0 aliphatic carbocycles. The molecule has 0 aromatic heterocycles. The molecule has 10 aromatic rings. The number of ether oxygens (including phenoxy) is 5. The maximum atomic E-state index is 8.82. The van der Waals surface area contributed by atoms with Crippen molar-refractivity contribution in [2.75, 3.05) is 101 Å². The summed E-state index contributed by atoms with van der Waals surface area (Å²) in [6, 6.07) is 13.5. The Balaban J connectivity index is 0.000000217. The fourth-order valence-corrected chi connectivity index (χ4v) is 13.2. The molecule has 120 heavy (non-hydrogen) atoms. The lowest BCUT2D eigenvalue weighted by Crippen LogP contribution is -2.31. The van der Waals surface area contributed by atoms with Gasteiger partial charge in [0.15, 0.2) is 0 Å². The zero-order chi connectivity index (χ0) is 142. The smallest absolute Gasteiger partial charge is 0.115 e. The molecule has 0 unspecified atom stereocenters. The first-order valence-electron chi connectivity index (χ1n) is 70.5. The van der Waals surface area contributed by atoms with Crippen LogP contribution in [0.5, 0.6) is 0 Å². The van der Waals surface area contributed by atoms with Gasteiger partial charge in [0, 0.05) is 149 Å². The molecule has 10 nitrogen and oxygen atoms in total. The molecule has 5 fully saturated rings. The number of nitrogens with zero attached hydrogens (tertiary/aromatic N) is 5. The van der Waals surface area contributed by atoms with Crippen molar-refractivity contribution in [1.82, 2.24) is 24.5 Å². The summed E-state index contributed by atoms with van der Waals surface area (Å²) >= 11 is 29.8. The molecule has 5 saturated heterocycles. The monoisotopic (exact) mass is 1780 g/mol. The largest absolute Gasteiger partial charge is 0.366 e. The summed E-state index contributed by atoms with van der Waals surface area (Å²) in [6.45, 7) is -39.1. The van der Waals surface area contributed by atoms with E-state index in [1.54, 1.807) is 121 Å². The summed E-state index contributed by atoms with van der Waals surface area (Å²) in [7, 11) is 2.08. The van der Waals surface area contributed by atoms with Crippen molar-refractivity contribution < 1.29 is 114 Å². The van der Waals surface area contributed by atoms with E-state index in [9.17, 15) is 0 Å². The maximum Gasteiger partial charge on any atom is 0.115 e. The Labute approximate surface area is 837 Å². The van der Waals surface area contributed by atoms with E-state index in [2.05, 4.69) is 0 Å². The Kier molecular flexibility index (Phi) is 15.4. The van der Waals surface area contributed by atoms with Crippen LogP contribution < -0.4 is 0 Å². The molecule has 0 bridgehead atoms. The second kappa shape index (κ2) is 46.3. The molecule has 0 amide bonds. The number of likely N-dealkylation sites (tertiary alicyclic amines) is 5. The number of benzene rings is 10. The molecule has 10 atom stereocenters. The predicted octanol–water partition coefficient (Wildman–Crippen LogP) is 25.5. The molecular formula is C105H130Cl5N5O5. The molecule has 10 aromatic carbocycles. The third-order valence-electron chi connectivity index (χ3n) is 19.3. The van der Waals surface area contributed by atoms with Crippen LogP contribution in [-0.2, 0) is 51.7 Å². The van der Waals surface area contributed by atoms with Crippen LogP contribution in [-0.4, -0.2) is 155 Å². The topological polar surface area (TPSA) is 62.4 Å². The van der Waals surface area contributed by atoms with Gasteiger partial charge < -0.3 is 48.2 Å². The van der Waals surface area contributed by atoms with Gasteiger partial charge in [-0.1, -0.05) is 270 Å². The zero-order valence-electron chi connectivity index (χ0n) is 131. The minimum Gasteiger partial charge on any atom is -0.366 e. The molecular weight excluding hydrogens is 1590 g/mol. The van der Waals surface area contributed by atoms with E-state index in [0.717, 1.165) is 17.7 Å². The van der Waals surface area contributed by atoms with Crippen molar-refractivity contribution in [3.8, 4) is 0 Å². The summed E-state index contributed by atoms with van der Waals surface area (Å²) in [6.07, 6.45) is -21.2. The van der Waals surface area contributed by atoms with Gasteiger partial charge in [-0.05, 0) is 314 Å². The van der Waals surface area contributed by atoms with Gasteiger partial charge in [0.05, 0.1) is 30.2 Å². The van der Waals surface area contributed by atoms with E-state index < -0.39 is 339 Å². The highest BCUT2D eigenvalue weighted by atomic mass is 35.5. The lowest BCUT2D eigenvalue weighted by molar-refractivity contribution is -0.0119. The van der Waals surface area contributed by atoms with Crippen LogP contribution in [0.1, 0.15) is 276 Å². The first-order valence-corrected chi connectivity index (χ1v) is 39.4. The first-order chi connectivity index (χ1) is 84.3. The third kappa shape index (κ3) is 26.0. The van der Waals surface area contributed by atoms with Gasteiger partial charge in [-0.2, -0.15) is 0 Å². The maximum absolute atomic E-state index is 8.82. The normalized spacial score (nSPS) is 34.1. The van der Waals surface area contributed by atoms with Crippen LogP contribution in [0.3, 0.4) is 0 Å². The fourth-order valence-electron chi connectivity index (χ4n) is 12.6. The fraction of sp³-hybridized carbons (Fsp3) is 0.429. The molecule has 15 rings (SSSR count). The summed E-state index contributed by atoms with van der Waals surface area (Å²) in [5.74, 6) is 0. The van der Waals surface area contributed by atoms with Gasteiger partial charge in [0.1, 0.15) is 28.0 Å². The second-order valence-electron chi connectivity index (χ2n) is 27.2. The van der Waals surface area contributed by atoms with Crippen LogP contribution in [0.25, 0.3) is 0 Å². The van der Waals surface area contributed by atoms with E-state index in [4.69, 9.17) is 172 Å². The average molecular weight is 1790 g/mol. The van der Waals surface area contributed by atoms with E-state index >= 15 is 0 Å². The molecule has 640 valence electrons. The average Bonchev–Trinajstić information content (AvgIpc) is 1.49. The highest BCUT2D eigenvalue weighted by Crippen LogP contribution is 2.41. The molecule has 0 spiro atoms. The standard InChI is InChI=1S/5C21H26ClNO/c5*1-21(17-7-4-3-5-8-17,18-10-12-19(22)13-11-18)24-16-14-20-9-6-15-23(20)2/h5*3-5,7-8,10-13,20H,6,9,14-16H2,1-2H3/t5*20-,21-/m11111/s1/i1D3,3D,4D,5D,6D2,7D,8D,9D2,10D,11D,12D,13D,14D2,15D2,16D2,20D;1D3,3D,4D,5D,7D,8D,10D,11D,12D,13D,14D2,16D2;1D3,2D3,6D2,9D2,15D2,20D;1D3,2D3,14D2;1D3,2D3. The van der Waals surface area contributed by atoms with Gasteiger partial charge in [0.2, 0.25) is 0 Å². The SMILES string of the molecule is [2H]C([2H])(CO[C@](c1ccccc1)(c1ccc(Cl)cc1)C([2H])([2H])[2H])[C@H]1CCCN1C([2H])([2H])[2H].[2H]C([2H])([2H])N1C([2H])([2H])C([2H])([2H])C([2H])([2H])[C@]1([2H])CCO[C@](c1ccccc1)(c1ccc(Cl)cc1)C([2H])([2H])[2H].[2H]C([2H])([2H])N1CCC[C@@H]1CCO[C@](c1ccccc1)(c1ccc(Cl)cc1)C([2H])([2H])[2H].[2H]c1c([2H])c([2H])c([C@@](OC([2H])([2H])C([2H])([2H])[C@H]2CCCN2C)(c2c([2H])c([2H])c(Cl)c([2H])c2[2H])C([2H])([2H])[2H])c([2H])c1[2H].[2H]c1c([2H])c([2H])c([C@@](OC([2H])([2H])C([2H])([2H])[C@]2([2H])N(C)C([2H])([2H])C([2H])([2H])C2([2H])[2H])(c2c([2H])c([2H])c(Cl)c([2H])c2[2H])C([2H])([2H])[2H])c([2H])c1[2H]. The number of rotatable bonds is 30. The van der Waals surface area contributed by atoms with Gasteiger partial charge in [-0.25, -0.2) is 0 Å². The Bertz CT molecular complexity index is 7650. The molecule has 5 heterocycles. The molecule has 15 heteroatoms. The number of halogens is 5. The van der Waals surface area contributed by atoms with Crippen molar-refractivity contribution in [2.45, 2.75) is 188 Å². The van der Waals surface area contributed by atoms with E-state index in [1.165, 1.54) is 53.2 Å². The lowest BCUT2D eigenvalue weighted by atomic mass is 9.88. The zero-order valence-corrected chi connectivity index (χ0v) is 68.7. The van der Waals surface area contributed by atoms with Crippen LogP contribution >= 0.6 is 58.0 Å². The van der Waals surface area contributed by atoms with Crippen LogP contribution in [0.15, 0.2) is 273 Å². The van der Waals surface area contributed by atoms with Crippen molar-refractivity contribution in [3.05, 3.63) is 353 Å². The minimum absolute atomic E-state index is 0.0990. The summed E-state index contributed by atoms with van der Waals surface area (Å²) in [5.41, 5.74) is -17.0. The summed E-state index contributed by atoms with van der Waals surface area (Å²) < 4.78 is 577. The highest BCUT2D eigenvalue weighted by molar-refractivity contribution is 6.31. The molecule has 5 aliphatic heterocycles. The highest BCUT2D eigenvalue weighted by Gasteiger charge is 2.37. The first kappa shape index (κ1) is 39.8. The Hall–Kier alpha value is -6.75. The van der Waals surface area contributed by atoms with Gasteiger partial charge in [0.25, 0.3) is 0 Å². The van der Waals surface area contributed by atoms with Crippen molar-refractivity contribution in [3.63, 3.8) is 0 Å². The molecule has 0 saturated carbocycles.